The van der Waals surface area contributed by atoms with Crippen LogP contribution in [0.3, 0.4) is 0 Å². The molecular weight excluding hydrogens is 255 g/mol. The van der Waals surface area contributed by atoms with Crippen LogP contribution in [0.5, 0.6) is 0 Å². The van der Waals surface area contributed by atoms with Gasteiger partial charge in [0, 0.05) is 18.3 Å². The van der Waals surface area contributed by atoms with Gasteiger partial charge < -0.3 is 11.1 Å². The van der Waals surface area contributed by atoms with Crippen LogP contribution in [-0.2, 0) is 6.18 Å². The average Bonchev–Trinajstić information content (AvgIpc) is 2.27. The second-order valence-electron chi connectivity index (χ2n) is 5.42. The van der Waals surface area contributed by atoms with Crippen molar-refractivity contribution in [3.63, 3.8) is 0 Å². The first kappa shape index (κ1) is 15.8. The Morgan fingerprint density at radius 1 is 1.37 bits per heavy atom. The van der Waals surface area contributed by atoms with Gasteiger partial charge >= 0.3 is 6.18 Å². The SMILES string of the molecule is CC(C)CC(C)(CN)Nc1cc(C(F)(F)F)ccn1. The molecule has 0 saturated carbocycles. The fourth-order valence-corrected chi connectivity index (χ4v) is 2.07. The highest BCUT2D eigenvalue weighted by atomic mass is 19.4. The molecule has 0 aliphatic rings. The lowest BCUT2D eigenvalue weighted by atomic mass is 9.91. The molecule has 0 amide bonds. The van der Waals surface area contributed by atoms with E-state index in [1.165, 1.54) is 0 Å². The molecule has 1 aromatic rings. The van der Waals surface area contributed by atoms with E-state index in [0.717, 1.165) is 24.8 Å². The number of rotatable bonds is 5. The van der Waals surface area contributed by atoms with Crippen molar-refractivity contribution in [3.05, 3.63) is 23.9 Å². The molecule has 0 saturated heterocycles. The highest BCUT2D eigenvalue weighted by molar-refractivity contribution is 5.41. The highest BCUT2D eigenvalue weighted by Gasteiger charge is 2.31. The molecule has 0 aliphatic carbocycles. The lowest BCUT2D eigenvalue weighted by Gasteiger charge is -2.32. The van der Waals surface area contributed by atoms with E-state index in [1.54, 1.807) is 0 Å². The Bertz CT molecular complexity index is 418. The topological polar surface area (TPSA) is 50.9 Å². The van der Waals surface area contributed by atoms with Crippen LogP contribution < -0.4 is 11.1 Å². The fourth-order valence-electron chi connectivity index (χ4n) is 2.07. The zero-order valence-electron chi connectivity index (χ0n) is 11.4. The van der Waals surface area contributed by atoms with Gasteiger partial charge in [0.1, 0.15) is 5.82 Å². The standard InChI is InChI=1S/C13H20F3N3/c1-9(2)7-12(3,8-17)19-11-6-10(4-5-18-11)13(14,15)16/h4-6,9H,7-8,17H2,1-3H3,(H,18,19). The molecule has 1 heterocycles. The van der Waals surface area contributed by atoms with Gasteiger partial charge in [0.25, 0.3) is 0 Å². The summed E-state index contributed by atoms with van der Waals surface area (Å²) in [6, 6.07) is 1.96. The molecule has 1 aromatic heterocycles. The lowest BCUT2D eigenvalue weighted by Crippen LogP contribution is -2.43. The zero-order valence-corrected chi connectivity index (χ0v) is 11.4. The van der Waals surface area contributed by atoms with Gasteiger partial charge in [0.2, 0.25) is 0 Å². The second kappa shape index (κ2) is 5.77. The lowest BCUT2D eigenvalue weighted by molar-refractivity contribution is -0.137. The Kier molecular flexibility index (Phi) is 4.79. The molecule has 3 nitrogen and oxygen atoms in total. The van der Waals surface area contributed by atoms with E-state index in [9.17, 15) is 13.2 Å². The highest BCUT2D eigenvalue weighted by Crippen LogP contribution is 2.30. The minimum absolute atomic E-state index is 0.198. The maximum atomic E-state index is 12.6. The van der Waals surface area contributed by atoms with Crippen molar-refractivity contribution in [3.8, 4) is 0 Å². The third-order valence-corrected chi connectivity index (χ3v) is 2.83. The van der Waals surface area contributed by atoms with Crippen LogP contribution in [-0.4, -0.2) is 17.1 Å². The van der Waals surface area contributed by atoms with E-state index in [2.05, 4.69) is 10.3 Å². The summed E-state index contributed by atoms with van der Waals surface area (Å²) in [4.78, 5) is 3.93. The van der Waals surface area contributed by atoms with E-state index in [1.807, 2.05) is 20.8 Å². The summed E-state index contributed by atoms with van der Waals surface area (Å²) >= 11 is 0. The number of aromatic nitrogens is 1. The van der Waals surface area contributed by atoms with E-state index in [0.29, 0.717) is 12.5 Å². The number of hydrogen-bond acceptors (Lipinski definition) is 3. The number of nitrogens with zero attached hydrogens (tertiary/aromatic N) is 1. The fraction of sp³-hybridized carbons (Fsp3) is 0.615. The van der Waals surface area contributed by atoms with Crippen LogP contribution in [0, 0.1) is 5.92 Å². The van der Waals surface area contributed by atoms with Gasteiger partial charge in [-0.2, -0.15) is 13.2 Å². The van der Waals surface area contributed by atoms with Gasteiger partial charge in [-0.15, -0.1) is 0 Å². The summed E-state index contributed by atoms with van der Waals surface area (Å²) in [5, 5.41) is 3.01. The van der Waals surface area contributed by atoms with Crippen LogP contribution in [0.1, 0.15) is 32.8 Å². The first-order valence-corrected chi connectivity index (χ1v) is 6.18. The van der Waals surface area contributed by atoms with Crippen molar-refractivity contribution >= 4 is 5.82 Å². The number of alkyl halides is 3. The molecule has 0 fully saturated rings. The van der Waals surface area contributed by atoms with Crippen LogP contribution in [0.25, 0.3) is 0 Å². The number of nitrogens with two attached hydrogens (primary N) is 1. The molecule has 19 heavy (non-hydrogen) atoms. The minimum atomic E-state index is -4.36. The van der Waals surface area contributed by atoms with Crippen LogP contribution >= 0.6 is 0 Å². The maximum absolute atomic E-state index is 12.6. The summed E-state index contributed by atoms with van der Waals surface area (Å²) in [6.45, 7) is 6.28. The number of pyridine rings is 1. The first-order chi connectivity index (χ1) is 8.66. The number of halogens is 3. The molecular formula is C13H20F3N3. The molecule has 1 rings (SSSR count). The minimum Gasteiger partial charge on any atom is -0.364 e. The Morgan fingerprint density at radius 2 is 2.00 bits per heavy atom. The monoisotopic (exact) mass is 275 g/mol. The zero-order chi connectivity index (χ0) is 14.7. The third-order valence-electron chi connectivity index (χ3n) is 2.83. The molecule has 0 radical (unpaired) electrons. The molecule has 1 atom stereocenters. The van der Waals surface area contributed by atoms with Crippen molar-refractivity contribution in [1.82, 2.24) is 4.98 Å². The van der Waals surface area contributed by atoms with Crippen molar-refractivity contribution in [2.45, 2.75) is 38.9 Å². The maximum Gasteiger partial charge on any atom is 0.416 e. The molecule has 6 heteroatoms. The summed E-state index contributed by atoms with van der Waals surface area (Å²) < 4.78 is 37.8. The van der Waals surface area contributed by atoms with Crippen molar-refractivity contribution < 1.29 is 13.2 Å². The van der Waals surface area contributed by atoms with Crippen LogP contribution in [0.2, 0.25) is 0 Å². The Labute approximate surface area is 111 Å². The Balaban J connectivity index is 2.92. The van der Waals surface area contributed by atoms with E-state index < -0.39 is 17.3 Å². The van der Waals surface area contributed by atoms with Crippen molar-refractivity contribution in [1.29, 1.82) is 0 Å². The van der Waals surface area contributed by atoms with Crippen molar-refractivity contribution in [2.75, 3.05) is 11.9 Å². The van der Waals surface area contributed by atoms with Gasteiger partial charge in [0.15, 0.2) is 0 Å². The number of hydrogen-bond donors (Lipinski definition) is 2. The predicted octanol–water partition coefficient (Wildman–Crippen LogP) is 3.28. The summed E-state index contributed by atoms with van der Waals surface area (Å²) in [7, 11) is 0. The van der Waals surface area contributed by atoms with E-state index in [-0.39, 0.29) is 5.82 Å². The summed E-state index contributed by atoms with van der Waals surface area (Å²) in [5.41, 5.74) is 4.53. The summed E-state index contributed by atoms with van der Waals surface area (Å²) in [5.74, 6) is 0.579. The van der Waals surface area contributed by atoms with Crippen LogP contribution in [0.15, 0.2) is 18.3 Å². The summed E-state index contributed by atoms with van der Waals surface area (Å²) in [6.07, 6.45) is -2.46. The third kappa shape index (κ3) is 4.70. The number of anilines is 1. The van der Waals surface area contributed by atoms with Gasteiger partial charge in [-0.3, -0.25) is 0 Å². The normalized spacial score (nSPS) is 15.4. The molecule has 0 aromatic carbocycles. The Morgan fingerprint density at radius 3 is 2.47 bits per heavy atom. The average molecular weight is 275 g/mol. The van der Waals surface area contributed by atoms with Crippen molar-refractivity contribution in [2.24, 2.45) is 11.7 Å². The molecule has 0 aliphatic heterocycles. The predicted molar refractivity (Wildman–Crippen MR) is 69.8 cm³/mol. The largest absolute Gasteiger partial charge is 0.416 e. The first-order valence-electron chi connectivity index (χ1n) is 6.18. The van der Waals surface area contributed by atoms with Gasteiger partial charge in [-0.1, -0.05) is 13.8 Å². The quantitative estimate of drug-likeness (QED) is 0.867. The molecule has 0 spiro atoms. The van der Waals surface area contributed by atoms with E-state index >= 15 is 0 Å². The molecule has 0 bridgehead atoms. The van der Waals surface area contributed by atoms with Gasteiger partial charge in [-0.25, -0.2) is 4.98 Å². The van der Waals surface area contributed by atoms with Crippen LogP contribution in [0.4, 0.5) is 19.0 Å². The molecule has 1 unspecified atom stereocenters. The second-order valence-corrected chi connectivity index (χ2v) is 5.42. The van der Waals surface area contributed by atoms with E-state index in [4.69, 9.17) is 5.73 Å². The molecule has 3 N–H and O–H groups in total. The van der Waals surface area contributed by atoms with Gasteiger partial charge in [-0.05, 0) is 31.4 Å². The number of nitrogens with one attached hydrogen (secondary N) is 1. The molecule has 108 valence electrons. The Hall–Kier alpha value is -1.30. The smallest absolute Gasteiger partial charge is 0.364 e. The van der Waals surface area contributed by atoms with Gasteiger partial charge in [0.05, 0.1) is 5.56 Å².